The highest BCUT2D eigenvalue weighted by atomic mass is 35.5. The van der Waals surface area contributed by atoms with E-state index in [-0.39, 0.29) is 5.69 Å². The van der Waals surface area contributed by atoms with E-state index in [0.29, 0.717) is 17.9 Å². The summed E-state index contributed by atoms with van der Waals surface area (Å²) in [6, 6.07) is 7.52. The van der Waals surface area contributed by atoms with Crippen LogP contribution in [0.2, 0.25) is 5.02 Å². The van der Waals surface area contributed by atoms with Gasteiger partial charge in [-0.05, 0) is 24.1 Å². The second-order valence-electron chi connectivity index (χ2n) is 3.84. The SMILES string of the molecule is CCc1sc(Cc2cccc(Cl)c2)nc1C(=O)O. The van der Waals surface area contributed by atoms with Crippen molar-refractivity contribution in [3.63, 3.8) is 0 Å². The van der Waals surface area contributed by atoms with Crippen LogP contribution < -0.4 is 0 Å². The van der Waals surface area contributed by atoms with Gasteiger partial charge in [-0.25, -0.2) is 9.78 Å². The molecule has 0 amide bonds. The summed E-state index contributed by atoms with van der Waals surface area (Å²) in [5, 5.41) is 10.5. The van der Waals surface area contributed by atoms with Crippen molar-refractivity contribution in [2.75, 3.05) is 0 Å². The fourth-order valence-corrected chi connectivity index (χ4v) is 2.95. The van der Waals surface area contributed by atoms with Crippen LogP contribution in [-0.2, 0) is 12.8 Å². The van der Waals surface area contributed by atoms with Crippen molar-refractivity contribution in [1.82, 2.24) is 4.98 Å². The summed E-state index contributed by atoms with van der Waals surface area (Å²) in [6.45, 7) is 1.93. The molecule has 94 valence electrons. The van der Waals surface area contributed by atoms with Gasteiger partial charge in [0.25, 0.3) is 0 Å². The largest absolute Gasteiger partial charge is 0.476 e. The molecule has 0 spiro atoms. The summed E-state index contributed by atoms with van der Waals surface area (Å²) in [5.74, 6) is -0.958. The van der Waals surface area contributed by atoms with Crippen LogP contribution >= 0.6 is 22.9 Å². The molecule has 0 atom stereocenters. The number of carboxylic acid groups (broad SMARTS) is 1. The summed E-state index contributed by atoms with van der Waals surface area (Å²) in [6.07, 6.45) is 1.31. The zero-order valence-corrected chi connectivity index (χ0v) is 11.4. The van der Waals surface area contributed by atoms with Crippen molar-refractivity contribution >= 4 is 28.9 Å². The number of aromatic nitrogens is 1. The number of aryl methyl sites for hydroxylation is 1. The van der Waals surface area contributed by atoms with E-state index in [0.717, 1.165) is 15.4 Å². The van der Waals surface area contributed by atoms with E-state index in [4.69, 9.17) is 16.7 Å². The third-order valence-electron chi connectivity index (χ3n) is 2.51. The lowest BCUT2D eigenvalue weighted by atomic mass is 10.2. The van der Waals surface area contributed by atoms with Crippen LogP contribution in [0.4, 0.5) is 0 Å². The van der Waals surface area contributed by atoms with E-state index in [1.54, 1.807) is 0 Å². The number of aromatic carboxylic acids is 1. The van der Waals surface area contributed by atoms with Crippen molar-refractivity contribution in [2.24, 2.45) is 0 Å². The van der Waals surface area contributed by atoms with Crippen LogP contribution in [0.15, 0.2) is 24.3 Å². The standard InChI is InChI=1S/C13H12ClNO2S/c1-2-10-12(13(16)17)15-11(18-10)7-8-4-3-5-9(14)6-8/h3-6H,2,7H2,1H3,(H,16,17). The normalized spacial score (nSPS) is 10.6. The number of hydrogen-bond donors (Lipinski definition) is 1. The first kappa shape index (κ1) is 13.1. The zero-order chi connectivity index (χ0) is 13.1. The fourth-order valence-electron chi connectivity index (χ4n) is 1.70. The Bertz CT molecular complexity index is 580. The molecule has 1 N–H and O–H groups in total. The van der Waals surface area contributed by atoms with Gasteiger partial charge >= 0.3 is 5.97 Å². The van der Waals surface area contributed by atoms with E-state index in [1.807, 2.05) is 31.2 Å². The molecule has 0 radical (unpaired) electrons. The maximum absolute atomic E-state index is 11.0. The number of halogens is 1. The molecule has 0 aliphatic heterocycles. The maximum atomic E-state index is 11.0. The molecule has 0 fully saturated rings. The van der Waals surface area contributed by atoms with Crippen molar-refractivity contribution in [3.05, 3.63) is 50.4 Å². The number of rotatable bonds is 4. The molecular formula is C13H12ClNO2S. The van der Waals surface area contributed by atoms with Crippen molar-refractivity contribution in [2.45, 2.75) is 19.8 Å². The molecule has 2 aromatic rings. The second-order valence-corrected chi connectivity index (χ2v) is 5.45. The summed E-state index contributed by atoms with van der Waals surface area (Å²) in [7, 11) is 0. The molecule has 5 heteroatoms. The Morgan fingerprint density at radius 1 is 1.50 bits per heavy atom. The van der Waals surface area contributed by atoms with Gasteiger partial charge in [0.2, 0.25) is 0 Å². The zero-order valence-electron chi connectivity index (χ0n) is 9.81. The Morgan fingerprint density at radius 3 is 2.83 bits per heavy atom. The summed E-state index contributed by atoms with van der Waals surface area (Å²) in [5.41, 5.74) is 1.22. The van der Waals surface area contributed by atoms with Gasteiger partial charge in [0.1, 0.15) is 0 Å². The highest BCUT2D eigenvalue weighted by Gasteiger charge is 2.15. The Kier molecular flexibility index (Phi) is 3.99. The minimum Gasteiger partial charge on any atom is -0.476 e. The van der Waals surface area contributed by atoms with Crippen LogP contribution in [0.5, 0.6) is 0 Å². The van der Waals surface area contributed by atoms with Gasteiger partial charge in [-0.3, -0.25) is 0 Å². The monoisotopic (exact) mass is 281 g/mol. The third kappa shape index (κ3) is 2.89. The molecule has 0 unspecified atom stereocenters. The van der Waals surface area contributed by atoms with Gasteiger partial charge in [0, 0.05) is 16.3 Å². The molecule has 1 aromatic carbocycles. The van der Waals surface area contributed by atoms with Crippen LogP contribution in [0.3, 0.4) is 0 Å². The molecule has 1 aromatic heterocycles. The Morgan fingerprint density at radius 2 is 2.28 bits per heavy atom. The van der Waals surface area contributed by atoms with Gasteiger partial charge in [-0.1, -0.05) is 30.7 Å². The van der Waals surface area contributed by atoms with Crippen molar-refractivity contribution in [3.8, 4) is 0 Å². The predicted molar refractivity (Wildman–Crippen MR) is 72.7 cm³/mol. The first-order valence-electron chi connectivity index (χ1n) is 5.56. The molecule has 0 saturated heterocycles. The lowest BCUT2D eigenvalue weighted by molar-refractivity contribution is 0.0690. The van der Waals surface area contributed by atoms with Gasteiger partial charge in [-0.2, -0.15) is 0 Å². The molecule has 2 rings (SSSR count). The van der Waals surface area contributed by atoms with Gasteiger partial charge < -0.3 is 5.11 Å². The topological polar surface area (TPSA) is 50.2 Å². The molecular weight excluding hydrogens is 270 g/mol. The molecule has 18 heavy (non-hydrogen) atoms. The molecule has 0 saturated carbocycles. The Hall–Kier alpha value is -1.39. The van der Waals surface area contributed by atoms with E-state index in [2.05, 4.69) is 4.98 Å². The van der Waals surface area contributed by atoms with Crippen molar-refractivity contribution in [1.29, 1.82) is 0 Å². The average molecular weight is 282 g/mol. The van der Waals surface area contributed by atoms with E-state index in [1.165, 1.54) is 11.3 Å². The van der Waals surface area contributed by atoms with E-state index < -0.39 is 5.97 Å². The third-order valence-corrected chi connectivity index (χ3v) is 3.94. The lowest BCUT2D eigenvalue weighted by Gasteiger charge is -1.97. The van der Waals surface area contributed by atoms with Crippen molar-refractivity contribution < 1.29 is 9.90 Å². The predicted octanol–water partition coefficient (Wildman–Crippen LogP) is 3.65. The number of nitrogens with zero attached hydrogens (tertiary/aromatic N) is 1. The first-order chi connectivity index (χ1) is 8.60. The molecule has 0 aliphatic carbocycles. The van der Waals surface area contributed by atoms with Crippen LogP contribution in [0.1, 0.15) is 32.9 Å². The van der Waals surface area contributed by atoms with Crippen LogP contribution in [0, 0.1) is 0 Å². The number of carboxylic acids is 1. The highest BCUT2D eigenvalue weighted by Crippen LogP contribution is 2.23. The van der Waals surface area contributed by atoms with Gasteiger partial charge in [0.15, 0.2) is 5.69 Å². The van der Waals surface area contributed by atoms with Crippen LogP contribution in [-0.4, -0.2) is 16.1 Å². The van der Waals surface area contributed by atoms with E-state index >= 15 is 0 Å². The quantitative estimate of drug-likeness (QED) is 0.931. The molecule has 0 aliphatic rings. The fraction of sp³-hybridized carbons (Fsp3) is 0.231. The number of benzene rings is 1. The molecule has 0 bridgehead atoms. The van der Waals surface area contributed by atoms with Gasteiger partial charge in [0.05, 0.1) is 5.01 Å². The maximum Gasteiger partial charge on any atom is 0.355 e. The summed E-state index contributed by atoms with van der Waals surface area (Å²) < 4.78 is 0. The number of hydrogen-bond acceptors (Lipinski definition) is 3. The molecule has 3 nitrogen and oxygen atoms in total. The van der Waals surface area contributed by atoms with E-state index in [9.17, 15) is 4.79 Å². The first-order valence-corrected chi connectivity index (χ1v) is 6.76. The Balaban J connectivity index is 2.27. The highest BCUT2D eigenvalue weighted by molar-refractivity contribution is 7.11. The molecule has 1 heterocycles. The van der Waals surface area contributed by atoms with Crippen LogP contribution in [0.25, 0.3) is 0 Å². The summed E-state index contributed by atoms with van der Waals surface area (Å²) in [4.78, 5) is 16.0. The number of thiazole rings is 1. The lowest BCUT2D eigenvalue weighted by Crippen LogP contribution is -2.00. The second kappa shape index (κ2) is 5.50. The number of carbonyl (C=O) groups is 1. The summed E-state index contributed by atoms with van der Waals surface area (Å²) >= 11 is 7.37. The Labute approximate surface area is 114 Å². The average Bonchev–Trinajstić information content (AvgIpc) is 2.72. The van der Waals surface area contributed by atoms with Gasteiger partial charge in [-0.15, -0.1) is 11.3 Å². The minimum absolute atomic E-state index is 0.180. The minimum atomic E-state index is -0.958. The smallest absolute Gasteiger partial charge is 0.355 e.